The summed E-state index contributed by atoms with van der Waals surface area (Å²) in [5.41, 5.74) is 9.27. The smallest absolute Gasteiger partial charge is 0.0321 e. The maximum Gasteiger partial charge on any atom is 0.0321 e. The summed E-state index contributed by atoms with van der Waals surface area (Å²) in [7, 11) is 0. The average molecular weight is 176 g/mol. The van der Waals surface area contributed by atoms with Crippen LogP contribution < -0.4 is 11.1 Å². The molecule has 2 heteroatoms. The summed E-state index contributed by atoms with van der Waals surface area (Å²) in [6.07, 6.45) is 2.52. The van der Waals surface area contributed by atoms with Gasteiger partial charge in [0.1, 0.15) is 0 Å². The maximum absolute atomic E-state index is 5.80. The van der Waals surface area contributed by atoms with E-state index in [1.807, 2.05) is 6.07 Å². The highest BCUT2D eigenvalue weighted by atomic mass is 14.9. The Bertz CT molecular complexity index is 281. The third-order valence-corrected chi connectivity index (χ3v) is 2.58. The van der Waals surface area contributed by atoms with E-state index in [0.717, 1.165) is 12.2 Å². The summed E-state index contributed by atoms with van der Waals surface area (Å²) in [5, 5.41) is 3.47. The summed E-state index contributed by atoms with van der Waals surface area (Å²) in [4.78, 5) is 0. The number of benzene rings is 1. The van der Waals surface area contributed by atoms with Crippen LogP contribution in [0.3, 0.4) is 0 Å². The van der Waals surface area contributed by atoms with Crippen LogP contribution in [0.1, 0.15) is 30.0 Å². The summed E-state index contributed by atoms with van der Waals surface area (Å²) >= 11 is 0. The molecule has 0 aliphatic carbocycles. The summed E-state index contributed by atoms with van der Waals surface area (Å²) in [5.74, 6) is 0. The van der Waals surface area contributed by atoms with Crippen molar-refractivity contribution in [2.75, 3.05) is 12.3 Å². The molecule has 1 aromatic rings. The number of anilines is 1. The van der Waals surface area contributed by atoms with Gasteiger partial charge in [0.05, 0.1) is 0 Å². The van der Waals surface area contributed by atoms with Crippen molar-refractivity contribution in [2.24, 2.45) is 0 Å². The van der Waals surface area contributed by atoms with E-state index in [4.69, 9.17) is 5.73 Å². The van der Waals surface area contributed by atoms with Crippen molar-refractivity contribution in [3.8, 4) is 0 Å². The number of nitrogen functional groups attached to an aromatic ring is 1. The molecular weight excluding hydrogens is 160 g/mol. The summed E-state index contributed by atoms with van der Waals surface area (Å²) in [6, 6.07) is 6.84. The number of hydrogen-bond donors (Lipinski definition) is 2. The Balaban J connectivity index is 2.28. The fourth-order valence-electron chi connectivity index (χ4n) is 2.01. The van der Waals surface area contributed by atoms with Gasteiger partial charge in [-0.2, -0.15) is 0 Å². The molecule has 1 saturated heterocycles. The van der Waals surface area contributed by atoms with E-state index < -0.39 is 0 Å². The van der Waals surface area contributed by atoms with E-state index in [9.17, 15) is 0 Å². The van der Waals surface area contributed by atoms with Gasteiger partial charge in [0.2, 0.25) is 0 Å². The molecule has 2 nitrogen and oxygen atoms in total. The van der Waals surface area contributed by atoms with Crippen LogP contribution in [-0.4, -0.2) is 6.54 Å². The number of nitrogens with two attached hydrogens (primary N) is 1. The predicted octanol–water partition coefficient (Wildman–Crippen LogP) is 2.00. The summed E-state index contributed by atoms with van der Waals surface area (Å²) < 4.78 is 0. The van der Waals surface area contributed by atoms with E-state index in [-0.39, 0.29) is 0 Å². The van der Waals surface area contributed by atoms with E-state index >= 15 is 0 Å². The number of rotatable bonds is 1. The van der Waals surface area contributed by atoms with Gasteiger partial charge in [-0.05, 0) is 49.6 Å². The first-order valence-corrected chi connectivity index (χ1v) is 4.86. The molecule has 0 radical (unpaired) electrons. The first-order valence-electron chi connectivity index (χ1n) is 4.86. The van der Waals surface area contributed by atoms with E-state index in [2.05, 4.69) is 24.4 Å². The van der Waals surface area contributed by atoms with Crippen LogP contribution in [0, 0.1) is 6.92 Å². The van der Waals surface area contributed by atoms with Gasteiger partial charge in [0.15, 0.2) is 0 Å². The molecule has 70 valence electrons. The maximum atomic E-state index is 5.80. The Morgan fingerprint density at radius 2 is 2.23 bits per heavy atom. The van der Waals surface area contributed by atoms with E-state index in [1.54, 1.807) is 0 Å². The van der Waals surface area contributed by atoms with Crippen molar-refractivity contribution in [1.82, 2.24) is 5.32 Å². The van der Waals surface area contributed by atoms with Gasteiger partial charge in [-0.1, -0.05) is 6.07 Å². The lowest BCUT2D eigenvalue weighted by atomic mass is 10.0. The van der Waals surface area contributed by atoms with E-state index in [0.29, 0.717) is 6.04 Å². The quantitative estimate of drug-likeness (QED) is 0.642. The molecule has 0 spiro atoms. The third kappa shape index (κ3) is 1.83. The second-order valence-electron chi connectivity index (χ2n) is 3.83. The highest BCUT2D eigenvalue weighted by Crippen LogP contribution is 2.25. The van der Waals surface area contributed by atoms with Gasteiger partial charge in [-0.3, -0.25) is 0 Å². The monoisotopic (exact) mass is 176 g/mol. The Labute approximate surface area is 79.1 Å². The molecule has 1 fully saturated rings. The van der Waals surface area contributed by atoms with Crippen molar-refractivity contribution < 1.29 is 0 Å². The molecule has 0 bridgehead atoms. The van der Waals surface area contributed by atoms with Crippen LogP contribution in [0.2, 0.25) is 0 Å². The first kappa shape index (κ1) is 8.57. The zero-order chi connectivity index (χ0) is 9.26. The Morgan fingerprint density at radius 3 is 2.85 bits per heavy atom. The molecule has 1 aliphatic heterocycles. The molecule has 0 unspecified atom stereocenters. The lowest BCUT2D eigenvalue weighted by Gasteiger charge is -2.12. The molecule has 0 aromatic heterocycles. The van der Waals surface area contributed by atoms with Gasteiger partial charge in [0, 0.05) is 11.7 Å². The molecule has 2 rings (SSSR count). The highest BCUT2D eigenvalue weighted by Gasteiger charge is 2.16. The van der Waals surface area contributed by atoms with Gasteiger partial charge >= 0.3 is 0 Å². The van der Waals surface area contributed by atoms with E-state index in [1.165, 1.54) is 24.0 Å². The normalized spacial score (nSPS) is 22.1. The topological polar surface area (TPSA) is 38.0 Å². The van der Waals surface area contributed by atoms with Gasteiger partial charge in [-0.15, -0.1) is 0 Å². The molecule has 1 aromatic carbocycles. The number of nitrogens with one attached hydrogen (secondary N) is 1. The Hall–Kier alpha value is -1.02. The highest BCUT2D eigenvalue weighted by molar-refractivity contribution is 5.45. The molecule has 13 heavy (non-hydrogen) atoms. The van der Waals surface area contributed by atoms with Gasteiger partial charge in [-0.25, -0.2) is 0 Å². The molecular formula is C11H16N2. The Kier molecular flexibility index (Phi) is 2.23. The lowest BCUT2D eigenvalue weighted by Crippen LogP contribution is -2.13. The van der Waals surface area contributed by atoms with Crippen LogP contribution >= 0.6 is 0 Å². The minimum absolute atomic E-state index is 0.530. The zero-order valence-electron chi connectivity index (χ0n) is 8.01. The summed E-state index contributed by atoms with van der Waals surface area (Å²) in [6.45, 7) is 3.23. The van der Waals surface area contributed by atoms with Crippen LogP contribution in [0.4, 0.5) is 5.69 Å². The van der Waals surface area contributed by atoms with Crippen LogP contribution in [0.25, 0.3) is 0 Å². The second-order valence-corrected chi connectivity index (χ2v) is 3.83. The van der Waals surface area contributed by atoms with Gasteiger partial charge < -0.3 is 11.1 Å². The van der Waals surface area contributed by atoms with Crippen molar-refractivity contribution in [1.29, 1.82) is 0 Å². The van der Waals surface area contributed by atoms with Crippen LogP contribution in [-0.2, 0) is 0 Å². The predicted molar refractivity (Wildman–Crippen MR) is 55.6 cm³/mol. The second kappa shape index (κ2) is 3.38. The minimum atomic E-state index is 0.530. The average Bonchev–Trinajstić information content (AvgIpc) is 2.53. The van der Waals surface area contributed by atoms with Crippen LogP contribution in [0.15, 0.2) is 18.2 Å². The molecule has 0 saturated carbocycles. The third-order valence-electron chi connectivity index (χ3n) is 2.58. The van der Waals surface area contributed by atoms with Crippen LogP contribution in [0.5, 0.6) is 0 Å². The first-order chi connectivity index (χ1) is 6.25. The zero-order valence-corrected chi connectivity index (χ0v) is 8.01. The Morgan fingerprint density at radius 1 is 1.38 bits per heavy atom. The molecule has 1 aliphatic rings. The lowest BCUT2D eigenvalue weighted by molar-refractivity contribution is 0.647. The number of aryl methyl sites for hydroxylation is 1. The van der Waals surface area contributed by atoms with Crippen molar-refractivity contribution in [3.63, 3.8) is 0 Å². The fraction of sp³-hybridized carbons (Fsp3) is 0.455. The largest absolute Gasteiger partial charge is 0.399 e. The molecule has 0 amide bonds. The van der Waals surface area contributed by atoms with Crippen molar-refractivity contribution in [2.45, 2.75) is 25.8 Å². The van der Waals surface area contributed by atoms with Crippen molar-refractivity contribution >= 4 is 5.69 Å². The fourth-order valence-corrected chi connectivity index (χ4v) is 2.01. The van der Waals surface area contributed by atoms with Crippen molar-refractivity contribution in [3.05, 3.63) is 29.3 Å². The number of hydrogen-bond acceptors (Lipinski definition) is 2. The molecule has 1 heterocycles. The molecule has 1 atom stereocenters. The standard InChI is InChI=1S/C11H16N2/c1-8-5-9(7-10(12)6-8)11-3-2-4-13-11/h5-7,11,13H,2-4,12H2,1H3/t11-/m0/s1. The SMILES string of the molecule is Cc1cc(N)cc([C@@H]2CCCN2)c1. The minimum Gasteiger partial charge on any atom is -0.399 e. The van der Waals surface area contributed by atoms with Gasteiger partial charge in [0.25, 0.3) is 0 Å². The molecule has 3 N–H and O–H groups in total.